The van der Waals surface area contributed by atoms with E-state index in [2.05, 4.69) is 37.9 Å². The molecule has 1 aliphatic rings. The summed E-state index contributed by atoms with van der Waals surface area (Å²) in [6.45, 7) is 10.5. The number of amides is 1. The first-order valence-corrected chi connectivity index (χ1v) is 8.82. The van der Waals surface area contributed by atoms with E-state index in [4.69, 9.17) is 4.74 Å². The summed E-state index contributed by atoms with van der Waals surface area (Å²) >= 11 is 0. The molecule has 0 radical (unpaired) electrons. The predicted octanol–water partition coefficient (Wildman–Crippen LogP) is 2.18. The van der Waals surface area contributed by atoms with Crippen LogP contribution in [-0.2, 0) is 16.0 Å². The molecule has 0 aliphatic carbocycles. The third-order valence-corrected chi connectivity index (χ3v) is 4.39. The second-order valence-corrected chi connectivity index (χ2v) is 7.11. The Morgan fingerprint density at radius 2 is 1.83 bits per heavy atom. The number of carbonyl (C=O) groups is 1. The number of phenolic OH excluding ortho intramolecular Hbond substituents is 1. The highest BCUT2D eigenvalue weighted by Crippen LogP contribution is 2.18. The van der Waals surface area contributed by atoms with Crippen LogP contribution in [0.15, 0.2) is 24.3 Å². The van der Waals surface area contributed by atoms with Gasteiger partial charge in [-0.3, -0.25) is 9.69 Å². The van der Waals surface area contributed by atoms with Crippen LogP contribution in [-0.4, -0.2) is 53.8 Å². The van der Waals surface area contributed by atoms with Crippen LogP contribution < -0.4 is 5.32 Å². The molecule has 3 unspecified atom stereocenters. The summed E-state index contributed by atoms with van der Waals surface area (Å²) in [5, 5.41) is 12.4. The molecule has 0 aromatic heterocycles. The first kappa shape index (κ1) is 18.7. The van der Waals surface area contributed by atoms with E-state index in [1.165, 1.54) is 0 Å². The summed E-state index contributed by atoms with van der Waals surface area (Å²) in [5.74, 6) is 0.597. The lowest BCUT2D eigenvalue weighted by Gasteiger charge is -2.41. The predicted molar refractivity (Wildman–Crippen MR) is 95.0 cm³/mol. The average Bonchev–Trinajstić information content (AvgIpc) is 2.48. The maximum Gasteiger partial charge on any atom is 0.237 e. The number of rotatable bonds is 6. The van der Waals surface area contributed by atoms with Crippen molar-refractivity contribution >= 4 is 5.91 Å². The minimum atomic E-state index is -0.126. The Labute approximate surface area is 145 Å². The van der Waals surface area contributed by atoms with E-state index < -0.39 is 0 Å². The van der Waals surface area contributed by atoms with Crippen LogP contribution in [0, 0.1) is 5.92 Å². The van der Waals surface area contributed by atoms with Crippen LogP contribution in [0.5, 0.6) is 5.75 Å². The number of hydrogen-bond donors (Lipinski definition) is 2. The molecule has 1 saturated heterocycles. The van der Waals surface area contributed by atoms with Crippen molar-refractivity contribution < 1.29 is 14.6 Å². The number of nitrogens with zero attached hydrogens (tertiary/aromatic N) is 1. The fourth-order valence-corrected chi connectivity index (χ4v) is 3.43. The third kappa shape index (κ3) is 5.21. The average molecular weight is 334 g/mol. The quantitative estimate of drug-likeness (QED) is 0.837. The molecule has 0 saturated carbocycles. The van der Waals surface area contributed by atoms with Crippen LogP contribution in [0.1, 0.15) is 33.3 Å². The van der Waals surface area contributed by atoms with Crippen molar-refractivity contribution in [3.63, 3.8) is 0 Å². The molecule has 2 rings (SSSR count). The molecular formula is C19H30N2O3. The number of phenols is 1. The molecule has 2 N–H and O–H groups in total. The topological polar surface area (TPSA) is 61.8 Å². The monoisotopic (exact) mass is 334 g/mol. The first-order valence-electron chi connectivity index (χ1n) is 8.82. The molecule has 1 heterocycles. The van der Waals surface area contributed by atoms with E-state index in [9.17, 15) is 9.90 Å². The summed E-state index contributed by atoms with van der Waals surface area (Å²) in [6.07, 6.45) is 1.06. The van der Waals surface area contributed by atoms with Gasteiger partial charge in [0.25, 0.3) is 0 Å². The molecule has 1 amide bonds. The summed E-state index contributed by atoms with van der Waals surface area (Å²) in [6, 6.07) is 6.98. The second-order valence-electron chi connectivity index (χ2n) is 7.11. The summed E-state index contributed by atoms with van der Waals surface area (Å²) in [7, 11) is 0. The lowest BCUT2D eigenvalue weighted by molar-refractivity contribution is -0.135. The molecule has 5 nitrogen and oxygen atoms in total. The number of benzene rings is 1. The van der Waals surface area contributed by atoms with Gasteiger partial charge in [0.1, 0.15) is 5.75 Å². The minimum absolute atomic E-state index is 0.0880. The van der Waals surface area contributed by atoms with Crippen LogP contribution in [0.25, 0.3) is 0 Å². The SMILES string of the molecule is CC1CN(C(C(=O)NCCc2ccc(O)cc2)C(C)C)CC(C)O1. The Kier molecular flexibility index (Phi) is 6.63. The number of morpholine rings is 1. The van der Waals surface area contributed by atoms with E-state index in [1.807, 2.05) is 12.1 Å². The standard InChI is InChI=1S/C19H30N2O3/c1-13(2)18(21-11-14(3)24-15(4)12-21)19(23)20-10-9-16-5-7-17(22)8-6-16/h5-8,13-15,18,22H,9-12H2,1-4H3,(H,20,23). The number of aromatic hydroxyl groups is 1. The van der Waals surface area contributed by atoms with Crippen LogP contribution in [0.4, 0.5) is 0 Å². The first-order chi connectivity index (χ1) is 11.4. The number of hydrogen-bond acceptors (Lipinski definition) is 4. The molecular weight excluding hydrogens is 304 g/mol. The van der Waals surface area contributed by atoms with Gasteiger partial charge in [-0.15, -0.1) is 0 Å². The van der Waals surface area contributed by atoms with Crippen molar-refractivity contribution in [1.82, 2.24) is 10.2 Å². The fourth-order valence-electron chi connectivity index (χ4n) is 3.43. The Hall–Kier alpha value is -1.59. The number of nitrogens with one attached hydrogen (secondary N) is 1. The highest BCUT2D eigenvalue weighted by molar-refractivity contribution is 5.82. The van der Waals surface area contributed by atoms with Gasteiger partial charge in [0, 0.05) is 19.6 Å². The molecule has 1 aromatic rings. The van der Waals surface area contributed by atoms with Gasteiger partial charge in [-0.05, 0) is 43.9 Å². The van der Waals surface area contributed by atoms with Crippen molar-refractivity contribution in [1.29, 1.82) is 0 Å². The van der Waals surface area contributed by atoms with Gasteiger partial charge in [0.05, 0.1) is 18.2 Å². The van der Waals surface area contributed by atoms with Gasteiger partial charge in [0.15, 0.2) is 0 Å². The van der Waals surface area contributed by atoms with E-state index in [-0.39, 0.29) is 35.8 Å². The van der Waals surface area contributed by atoms with Gasteiger partial charge in [-0.2, -0.15) is 0 Å². The van der Waals surface area contributed by atoms with E-state index in [1.54, 1.807) is 12.1 Å². The second kappa shape index (κ2) is 8.49. The Bertz CT molecular complexity index is 520. The molecule has 1 aromatic carbocycles. The fraction of sp³-hybridized carbons (Fsp3) is 0.632. The van der Waals surface area contributed by atoms with Crippen LogP contribution in [0.2, 0.25) is 0 Å². The van der Waals surface area contributed by atoms with Gasteiger partial charge in [-0.25, -0.2) is 0 Å². The molecule has 134 valence electrons. The van der Waals surface area contributed by atoms with Gasteiger partial charge in [0.2, 0.25) is 5.91 Å². The Balaban J connectivity index is 1.90. The molecule has 24 heavy (non-hydrogen) atoms. The zero-order valence-corrected chi connectivity index (χ0v) is 15.2. The van der Waals surface area contributed by atoms with Crippen LogP contribution >= 0.6 is 0 Å². The van der Waals surface area contributed by atoms with Crippen molar-refractivity contribution in [2.24, 2.45) is 5.92 Å². The van der Waals surface area contributed by atoms with Gasteiger partial charge < -0.3 is 15.2 Å². The molecule has 0 spiro atoms. The van der Waals surface area contributed by atoms with E-state index >= 15 is 0 Å². The van der Waals surface area contributed by atoms with Crippen molar-refractivity contribution in [3.05, 3.63) is 29.8 Å². The highest BCUT2D eigenvalue weighted by Gasteiger charge is 2.33. The van der Waals surface area contributed by atoms with Crippen molar-refractivity contribution in [2.45, 2.75) is 52.4 Å². The smallest absolute Gasteiger partial charge is 0.237 e. The highest BCUT2D eigenvalue weighted by atomic mass is 16.5. The number of ether oxygens (including phenoxy) is 1. The normalized spacial score (nSPS) is 23.2. The Morgan fingerprint density at radius 3 is 2.38 bits per heavy atom. The van der Waals surface area contributed by atoms with E-state index in [0.29, 0.717) is 6.54 Å². The minimum Gasteiger partial charge on any atom is -0.508 e. The maximum atomic E-state index is 12.7. The molecule has 5 heteroatoms. The maximum absolute atomic E-state index is 12.7. The van der Waals surface area contributed by atoms with Gasteiger partial charge >= 0.3 is 0 Å². The zero-order valence-electron chi connectivity index (χ0n) is 15.2. The van der Waals surface area contributed by atoms with E-state index in [0.717, 1.165) is 25.1 Å². The summed E-state index contributed by atoms with van der Waals surface area (Å²) < 4.78 is 5.78. The van der Waals surface area contributed by atoms with Crippen molar-refractivity contribution in [3.8, 4) is 5.75 Å². The number of carbonyl (C=O) groups excluding carboxylic acids is 1. The zero-order chi connectivity index (χ0) is 17.7. The molecule has 3 atom stereocenters. The molecule has 1 fully saturated rings. The molecule has 0 bridgehead atoms. The molecule has 1 aliphatic heterocycles. The lowest BCUT2D eigenvalue weighted by atomic mass is 9.99. The third-order valence-electron chi connectivity index (χ3n) is 4.39. The largest absolute Gasteiger partial charge is 0.508 e. The van der Waals surface area contributed by atoms with Gasteiger partial charge in [-0.1, -0.05) is 26.0 Å². The van der Waals surface area contributed by atoms with Crippen molar-refractivity contribution in [2.75, 3.05) is 19.6 Å². The Morgan fingerprint density at radius 1 is 1.25 bits per heavy atom. The summed E-state index contributed by atoms with van der Waals surface area (Å²) in [5.41, 5.74) is 1.10. The van der Waals surface area contributed by atoms with Crippen LogP contribution in [0.3, 0.4) is 0 Å². The lowest BCUT2D eigenvalue weighted by Crippen LogP contribution is -2.57. The summed E-state index contributed by atoms with van der Waals surface area (Å²) in [4.78, 5) is 15.0.